The van der Waals surface area contributed by atoms with Crippen molar-refractivity contribution in [1.29, 1.82) is 0 Å². The van der Waals surface area contributed by atoms with Gasteiger partial charge in [0.2, 0.25) is 17.7 Å². The molecule has 0 saturated carbocycles. The molecule has 3 N–H and O–H groups in total. The molecular weight excluding hydrogens is 616 g/mol. The number of carbonyl (C=O) groups is 4. The average molecular weight is 669 g/mol. The minimum Gasteiger partial charge on any atom is -0.379 e. The lowest BCUT2D eigenvalue weighted by Gasteiger charge is -2.34. The van der Waals surface area contributed by atoms with Crippen molar-refractivity contribution < 1.29 is 28.7 Å². The zero-order valence-corrected chi connectivity index (χ0v) is 28.6. The maximum Gasteiger partial charge on any atom is 0.325 e. The summed E-state index contributed by atoms with van der Waals surface area (Å²) in [6.07, 6.45) is 9.04. The lowest BCUT2D eigenvalue weighted by Crippen LogP contribution is -2.56. The molecule has 0 aromatic heterocycles. The number of benzene rings is 2. The van der Waals surface area contributed by atoms with E-state index in [0.717, 1.165) is 49.0 Å². The molecule has 5 amide bonds. The van der Waals surface area contributed by atoms with Gasteiger partial charge >= 0.3 is 6.03 Å². The number of nitrogens with zero attached hydrogens (tertiary/aromatic N) is 1. The van der Waals surface area contributed by atoms with Gasteiger partial charge in [-0.2, -0.15) is 12.6 Å². The number of thiol groups is 1. The van der Waals surface area contributed by atoms with Crippen LogP contribution in [0.3, 0.4) is 0 Å². The van der Waals surface area contributed by atoms with Crippen LogP contribution in [0.5, 0.6) is 0 Å². The molecule has 1 aliphatic heterocycles. The van der Waals surface area contributed by atoms with Crippen LogP contribution in [-0.4, -0.2) is 86.0 Å². The normalized spacial score (nSPS) is 14.2. The molecule has 258 valence electrons. The number of imide groups is 1. The Morgan fingerprint density at radius 2 is 1.38 bits per heavy atom. The first-order valence-electron chi connectivity index (χ1n) is 17.0. The number of rotatable bonds is 24. The SMILES string of the molecule is CCOCCOCCNC(=O)C(CCCCCCCCCCS)NC(=O)C(C(c1ccccc1)c1ccccc1)N1CC(=O)NC1=O. The van der Waals surface area contributed by atoms with E-state index >= 15 is 0 Å². The number of carbonyl (C=O) groups excluding carboxylic acids is 4. The van der Waals surface area contributed by atoms with Crippen LogP contribution in [0.1, 0.15) is 81.8 Å². The summed E-state index contributed by atoms with van der Waals surface area (Å²) in [7, 11) is 0. The highest BCUT2D eigenvalue weighted by molar-refractivity contribution is 7.80. The number of nitrogens with one attached hydrogen (secondary N) is 3. The van der Waals surface area contributed by atoms with Crippen molar-refractivity contribution in [3.63, 3.8) is 0 Å². The van der Waals surface area contributed by atoms with Crippen molar-refractivity contribution in [2.24, 2.45) is 0 Å². The summed E-state index contributed by atoms with van der Waals surface area (Å²) < 4.78 is 10.8. The van der Waals surface area contributed by atoms with Crippen molar-refractivity contribution in [3.8, 4) is 0 Å². The van der Waals surface area contributed by atoms with Crippen LogP contribution < -0.4 is 16.0 Å². The summed E-state index contributed by atoms with van der Waals surface area (Å²) in [4.78, 5) is 54.5. The maximum absolute atomic E-state index is 14.4. The predicted molar refractivity (Wildman–Crippen MR) is 186 cm³/mol. The molecule has 2 unspecified atom stereocenters. The highest BCUT2D eigenvalue weighted by atomic mass is 32.1. The molecule has 2 atom stereocenters. The van der Waals surface area contributed by atoms with E-state index in [9.17, 15) is 19.2 Å². The molecule has 10 nitrogen and oxygen atoms in total. The average Bonchev–Trinajstić information content (AvgIpc) is 3.42. The van der Waals surface area contributed by atoms with Gasteiger partial charge in [-0.05, 0) is 36.6 Å². The summed E-state index contributed by atoms with van der Waals surface area (Å²) in [6.45, 7) is 3.79. The summed E-state index contributed by atoms with van der Waals surface area (Å²) in [5, 5.41) is 8.22. The smallest absolute Gasteiger partial charge is 0.325 e. The number of hydrogen-bond donors (Lipinski definition) is 4. The molecule has 0 bridgehead atoms. The van der Waals surface area contributed by atoms with Gasteiger partial charge in [-0.1, -0.05) is 106 Å². The lowest BCUT2D eigenvalue weighted by atomic mass is 9.83. The second-order valence-corrected chi connectivity index (χ2v) is 12.2. The van der Waals surface area contributed by atoms with E-state index in [1.807, 2.05) is 67.6 Å². The molecule has 1 heterocycles. The number of ether oxygens (including phenoxy) is 2. The van der Waals surface area contributed by atoms with Gasteiger partial charge in [-0.25, -0.2) is 4.79 Å². The second kappa shape index (κ2) is 22.2. The molecule has 0 radical (unpaired) electrons. The predicted octanol–water partition coefficient (Wildman–Crippen LogP) is 4.83. The van der Waals surface area contributed by atoms with Crippen LogP contribution in [0.4, 0.5) is 4.79 Å². The van der Waals surface area contributed by atoms with Crippen LogP contribution in [0.25, 0.3) is 0 Å². The molecule has 3 rings (SSSR count). The molecular formula is C36H52N4O6S. The zero-order chi connectivity index (χ0) is 33.7. The topological polar surface area (TPSA) is 126 Å². The van der Waals surface area contributed by atoms with Crippen LogP contribution in [0.15, 0.2) is 60.7 Å². The van der Waals surface area contributed by atoms with Crippen LogP contribution in [0.2, 0.25) is 0 Å². The number of amides is 5. The Morgan fingerprint density at radius 3 is 1.94 bits per heavy atom. The first-order chi connectivity index (χ1) is 23.0. The molecule has 11 heteroatoms. The summed E-state index contributed by atoms with van der Waals surface area (Å²) in [6, 6.07) is 16.4. The van der Waals surface area contributed by atoms with Gasteiger partial charge in [0.1, 0.15) is 18.6 Å². The molecule has 0 spiro atoms. The minimum absolute atomic E-state index is 0.253. The molecule has 2 aromatic carbocycles. The second-order valence-electron chi connectivity index (χ2n) is 11.7. The molecule has 1 fully saturated rings. The van der Waals surface area contributed by atoms with Gasteiger partial charge in [0.25, 0.3) is 0 Å². The van der Waals surface area contributed by atoms with Gasteiger partial charge in [0.15, 0.2) is 0 Å². The Morgan fingerprint density at radius 1 is 0.809 bits per heavy atom. The minimum atomic E-state index is -1.08. The number of hydrogen-bond acceptors (Lipinski definition) is 7. The number of unbranched alkanes of at least 4 members (excludes halogenated alkanes) is 7. The quantitative estimate of drug-likeness (QED) is 0.0722. The number of urea groups is 1. The molecule has 0 aliphatic carbocycles. The third kappa shape index (κ3) is 13.3. The van der Waals surface area contributed by atoms with Crippen molar-refractivity contribution in [1.82, 2.24) is 20.9 Å². The summed E-state index contributed by atoms with van der Waals surface area (Å²) >= 11 is 4.28. The van der Waals surface area contributed by atoms with E-state index in [-0.39, 0.29) is 19.0 Å². The van der Waals surface area contributed by atoms with Gasteiger partial charge in [0, 0.05) is 19.1 Å². The lowest BCUT2D eigenvalue weighted by molar-refractivity contribution is -0.132. The van der Waals surface area contributed by atoms with E-state index in [0.29, 0.717) is 32.8 Å². The van der Waals surface area contributed by atoms with Gasteiger partial charge in [-0.3, -0.25) is 19.7 Å². The molecule has 2 aromatic rings. The summed E-state index contributed by atoms with van der Waals surface area (Å²) in [5.41, 5.74) is 1.62. The Bertz CT molecular complexity index is 1180. The molecule has 1 saturated heterocycles. The van der Waals surface area contributed by atoms with E-state index in [1.54, 1.807) is 0 Å². The standard InChI is InChI=1S/C36H52N4O6S/c1-2-45-24-25-46-23-22-37-34(42)30(21-15-7-5-3-4-6-8-16-26-47)38-35(43)33(40-27-31(41)39-36(40)44)32(28-17-11-9-12-18-28)29-19-13-10-14-20-29/h9-14,17-20,30,32-33,47H,2-8,15-16,21-27H2,1H3,(H,37,42)(H,38,43)(H,39,41,44). The molecule has 47 heavy (non-hydrogen) atoms. The van der Waals surface area contributed by atoms with E-state index in [2.05, 4.69) is 28.6 Å². The van der Waals surface area contributed by atoms with Crippen molar-refractivity contribution in [3.05, 3.63) is 71.8 Å². The first kappa shape index (κ1) is 38.0. The summed E-state index contributed by atoms with van der Waals surface area (Å²) in [5.74, 6) is -0.943. The highest BCUT2D eigenvalue weighted by Crippen LogP contribution is 2.32. The Balaban J connectivity index is 1.77. The van der Waals surface area contributed by atoms with Crippen LogP contribution in [-0.2, 0) is 23.9 Å². The van der Waals surface area contributed by atoms with E-state index in [4.69, 9.17) is 9.47 Å². The highest BCUT2D eigenvalue weighted by Gasteiger charge is 2.43. The zero-order valence-electron chi connectivity index (χ0n) is 27.7. The third-order valence-corrected chi connectivity index (χ3v) is 8.53. The maximum atomic E-state index is 14.4. The van der Waals surface area contributed by atoms with E-state index < -0.39 is 35.8 Å². The van der Waals surface area contributed by atoms with Crippen molar-refractivity contribution >= 4 is 36.4 Å². The fourth-order valence-electron chi connectivity index (χ4n) is 5.81. The monoisotopic (exact) mass is 668 g/mol. The van der Waals surface area contributed by atoms with Gasteiger partial charge < -0.3 is 25.0 Å². The van der Waals surface area contributed by atoms with Crippen LogP contribution >= 0.6 is 12.6 Å². The first-order valence-corrected chi connectivity index (χ1v) is 17.6. The molecule has 1 aliphatic rings. The van der Waals surface area contributed by atoms with Gasteiger partial charge in [-0.15, -0.1) is 0 Å². The fraction of sp³-hybridized carbons (Fsp3) is 0.556. The fourth-order valence-corrected chi connectivity index (χ4v) is 6.04. The largest absolute Gasteiger partial charge is 0.379 e. The van der Waals surface area contributed by atoms with Crippen molar-refractivity contribution in [2.75, 3.05) is 45.3 Å². The Kier molecular flexibility index (Phi) is 18.0. The van der Waals surface area contributed by atoms with E-state index in [1.165, 1.54) is 24.2 Å². The Hall–Kier alpha value is -3.41. The van der Waals surface area contributed by atoms with Crippen LogP contribution in [0, 0.1) is 0 Å². The van der Waals surface area contributed by atoms with Gasteiger partial charge in [0.05, 0.1) is 19.8 Å². The van der Waals surface area contributed by atoms with Crippen molar-refractivity contribution in [2.45, 2.75) is 82.7 Å². The third-order valence-electron chi connectivity index (χ3n) is 8.21. The Labute approximate surface area is 285 Å².